The highest BCUT2D eigenvalue weighted by Crippen LogP contribution is 2.30. The van der Waals surface area contributed by atoms with E-state index in [-0.39, 0.29) is 6.10 Å². The van der Waals surface area contributed by atoms with Crippen LogP contribution in [-0.4, -0.2) is 33.1 Å². The van der Waals surface area contributed by atoms with Gasteiger partial charge in [-0.15, -0.1) is 11.3 Å². The molecule has 0 aliphatic heterocycles. The molecule has 8 heteroatoms. The average molecular weight is 456 g/mol. The smallest absolute Gasteiger partial charge is 0.349 e. The molecule has 0 amide bonds. The molecule has 1 unspecified atom stereocenters. The largest absolute Gasteiger partial charge is 0.484 e. The first-order valence-electron chi connectivity index (χ1n) is 10.6. The van der Waals surface area contributed by atoms with Gasteiger partial charge in [0.25, 0.3) is 0 Å². The number of esters is 1. The quantitative estimate of drug-likeness (QED) is 0.403. The third kappa shape index (κ3) is 6.03. The number of nitrogens with zero attached hydrogens (tertiary/aromatic N) is 3. The highest BCUT2D eigenvalue weighted by Gasteiger charge is 2.31. The Balaban J connectivity index is 1.79. The molecule has 1 atom stereocenters. The lowest BCUT2D eigenvalue weighted by atomic mass is 10.1. The molecular formula is C24H29N3O4S. The van der Waals surface area contributed by atoms with Gasteiger partial charge in [-0.3, -0.25) is 4.98 Å². The first kappa shape index (κ1) is 23.7. The lowest BCUT2D eigenvalue weighted by Gasteiger charge is -2.24. The predicted molar refractivity (Wildman–Crippen MR) is 123 cm³/mol. The molecule has 0 saturated carbocycles. The van der Waals surface area contributed by atoms with Crippen LogP contribution < -0.4 is 9.47 Å². The van der Waals surface area contributed by atoms with Gasteiger partial charge in [-0.2, -0.15) is 0 Å². The van der Waals surface area contributed by atoms with Crippen LogP contribution in [0, 0.1) is 6.92 Å². The van der Waals surface area contributed by atoms with Crippen LogP contribution in [0.25, 0.3) is 0 Å². The Bertz CT molecular complexity index is 1040. The molecule has 0 radical (unpaired) electrons. The van der Waals surface area contributed by atoms with Crippen molar-refractivity contribution in [3.05, 3.63) is 64.1 Å². The third-order valence-corrected chi connectivity index (χ3v) is 5.74. The number of aromatic nitrogens is 3. The molecule has 7 nitrogen and oxygen atoms in total. The van der Waals surface area contributed by atoms with E-state index in [1.165, 1.54) is 11.3 Å². The summed E-state index contributed by atoms with van der Waals surface area (Å²) in [4.78, 5) is 26.5. The van der Waals surface area contributed by atoms with E-state index in [9.17, 15) is 4.79 Å². The summed E-state index contributed by atoms with van der Waals surface area (Å²) in [6.07, 6.45) is 4.78. The molecule has 0 saturated heterocycles. The molecule has 0 spiro atoms. The minimum absolute atomic E-state index is 0.298. The van der Waals surface area contributed by atoms with Crippen LogP contribution in [0.15, 0.2) is 42.2 Å². The van der Waals surface area contributed by atoms with E-state index >= 15 is 0 Å². The predicted octanol–water partition coefficient (Wildman–Crippen LogP) is 4.89. The monoisotopic (exact) mass is 455 g/mol. The van der Waals surface area contributed by atoms with E-state index in [0.29, 0.717) is 30.4 Å². The fourth-order valence-electron chi connectivity index (χ4n) is 3.15. The summed E-state index contributed by atoms with van der Waals surface area (Å²) >= 11 is 1.52. The Labute approximate surface area is 192 Å². The van der Waals surface area contributed by atoms with Gasteiger partial charge in [0.05, 0.1) is 17.0 Å². The molecule has 0 N–H and O–H groups in total. The van der Waals surface area contributed by atoms with Gasteiger partial charge in [0, 0.05) is 30.6 Å². The van der Waals surface area contributed by atoms with Gasteiger partial charge in [0.15, 0.2) is 5.60 Å². The molecule has 2 heterocycles. The maximum absolute atomic E-state index is 12.2. The van der Waals surface area contributed by atoms with Crippen molar-refractivity contribution < 1.29 is 19.0 Å². The maximum Gasteiger partial charge on any atom is 0.349 e. The van der Waals surface area contributed by atoms with Crippen LogP contribution in [-0.2, 0) is 22.4 Å². The Kier molecular flexibility index (Phi) is 7.80. The Hall–Kier alpha value is -3.00. The van der Waals surface area contributed by atoms with E-state index in [2.05, 4.69) is 21.9 Å². The number of hydrogen-bond donors (Lipinski definition) is 0. The minimum atomic E-state index is -1.11. The van der Waals surface area contributed by atoms with Crippen molar-refractivity contribution in [1.29, 1.82) is 0 Å². The summed E-state index contributed by atoms with van der Waals surface area (Å²) in [7, 11) is 0. The molecule has 3 rings (SSSR count). The molecule has 0 aliphatic rings. The molecule has 0 aliphatic carbocycles. The number of carbonyl (C=O) groups excluding carboxylic acids is 1. The molecule has 1 aromatic carbocycles. The van der Waals surface area contributed by atoms with Crippen molar-refractivity contribution in [3.8, 4) is 11.5 Å². The summed E-state index contributed by atoms with van der Waals surface area (Å²) in [6.45, 7) is 9.51. The molecule has 2 aromatic heterocycles. The standard InChI is InChI=1S/C24H29N3O4S/c1-6-17-13-26-22(27-16(17)3)12-20(21-14-25-15-32-21)30-18-9-8-10-19(11-18)31-24(4,5)23(28)29-7-2/h8-11,13-15,20H,6-7,12H2,1-5H3. The highest BCUT2D eigenvalue weighted by atomic mass is 32.1. The van der Waals surface area contributed by atoms with Crippen molar-refractivity contribution in [2.45, 2.75) is 59.2 Å². The molecule has 32 heavy (non-hydrogen) atoms. The van der Waals surface area contributed by atoms with Crippen LogP contribution in [0.5, 0.6) is 11.5 Å². The maximum atomic E-state index is 12.2. The first-order valence-corrected chi connectivity index (χ1v) is 11.5. The van der Waals surface area contributed by atoms with Crippen LogP contribution in [0.1, 0.15) is 55.8 Å². The molecule has 3 aromatic rings. The van der Waals surface area contributed by atoms with Crippen molar-refractivity contribution in [2.24, 2.45) is 0 Å². The molecular weight excluding hydrogens is 426 g/mol. The zero-order valence-corrected chi connectivity index (χ0v) is 19.9. The van der Waals surface area contributed by atoms with Crippen molar-refractivity contribution in [2.75, 3.05) is 6.61 Å². The van der Waals surface area contributed by atoms with Gasteiger partial charge in [-0.25, -0.2) is 14.8 Å². The second kappa shape index (κ2) is 10.5. The molecule has 170 valence electrons. The van der Waals surface area contributed by atoms with Gasteiger partial charge in [-0.1, -0.05) is 13.0 Å². The number of carbonyl (C=O) groups is 1. The molecule has 0 fully saturated rings. The van der Waals surface area contributed by atoms with E-state index < -0.39 is 11.6 Å². The van der Waals surface area contributed by atoms with Gasteiger partial charge < -0.3 is 14.2 Å². The zero-order valence-electron chi connectivity index (χ0n) is 19.1. The fraction of sp³-hybridized carbons (Fsp3) is 0.417. The second-order valence-corrected chi connectivity index (χ2v) is 8.69. The van der Waals surface area contributed by atoms with Crippen LogP contribution >= 0.6 is 11.3 Å². The highest BCUT2D eigenvalue weighted by molar-refractivity contribution is 7.09. The topological polar surface area (TPSA) is 83.4 Å². The number of aryl methyl sites for hydroxylation is 2. The van der Waals surface area contributed by atoms with E-state index in [0.717, 1.165) is 22.6 Å². The van der Waals surface area contributed by atoms with Crippen molar-refractivity contribution >= 4 is 17.3 Å². The van der Waals surface area contributed by atoms with E-state index in [1.807, 2.05) is 25.3 Å². The van der Waals surface area contributed by atoms with E-state index in [1.54, 1.807) is 44.6 Å². The van der Waals surface area contributed by atoms with Crippen molar-refractivity contribution in [3.63, 3.8) is 0 Å². The SMILES string of the molecule is CCOC(=O)C(C)(C)Oc1cccc(OC(Cc2ncc(CC)c(C)n2)c2cncs2)c1. The first-order chi connectivity index (χ1) is 15.3. The summed E-state index contributed by atoms with van der Waals surface area (Å²) < 4.78 is 17.3. The minimum Gasteiger partial charge on any atom is -0.484 e. The number of hydrogen-bond acceptors (Lipinski definition) is 8. The van der Waals surface area contributed by atoms with Gasteiger partial charge >= 0.3 is 5.97 Å². The van der Waals surface area contributed by atoms with Gasteiger partial charge in [-0.05, 0) is 51.8 Å². The van der Waals surface area contributed by atoms with Crippen LogP contribution in [0.4, 0.5) is 0 Å². The number of rotatable bonds is 10. The Morgan fingerprint density at radius 2 is 1.97 bits per heavy atom. The summed E-state index contributed by atoms with van der Waals surface area (Å²) in [5.41, 5.74) is 2.78. The second-order valence-electron chi connectivity index (χ2n) is 7.77. The lowest BCUT2D eigenvalue weighted by molar-refractivity contribution is -0.158. The number of ether oxygens (including phenoxy) is 3. The number of thiazole rings is 1. The third-order valence-electron chi connectivity index (χ3n) is 4.87. The normalized spacial score (nSPS) is 12.3. The average Bonchev–Trinajstić information content (AvgIpc) is 3.28. The molecule has 0 bridgehead atoms. The zero-order chi connectivity index (χ0) is 23.1. The van der Waals surface area contributed by atoms with E-state index in [4.69, 9.17) is 14.2 Å². The van der Waals surface area contributed by atoms with Crippen LogP contribution in [0.3, 0.4) is 0 Å². The Morgan fingerprint density at radius 1 is 1.19 bits per heavy atom. The Morgan fingerprint density at radius 3 is 2.62 bits per heavy atom. The van der Waals surface area contributed by atoms with Crippen LogP contribution in [0.2, 0.25) is 0 Å². The van der Waals surface area contributed by atoms with Gasteiger partial charge in [0.2, 0.25) is 0 Å². The number of benzene rings is 1. The van der Waals surface area contributed by atoms with Gasteiger partial charge in [0.1, 0.15) is 23.4 Å². The fourth-order valence-corrected chi connectivity index (χ4v) is 3.80. The van der Waals surface area contributed by atoms with Crippen molar-refractivity contribution in [1.82, 2.24) is 15.0 Å². The summed E-state index contributed by atoms with van der Waals surface area (Å²) in [6, 6.07) is 7.23. The summed E-state index contributed by atoms with van der Waals surface area (Å²) in [5.74, 6) is 1.43. The lowest BCUT2D eigenvalue weighted by Crippen LogP contribution is -2.39. The summed E-state index contributed by atoms with van der Waals surface area (Å²) in [5, 5.41) is 0.